The lowest BCUT2D eigenvalue weighted by molar-refractivity contribution is -0.137. The Kier molecular flexibility index (Phi) is 4.83. The van der Waals surface area contributed by atoms with Crippen molar-refractivity contribution in [2.75, 3.05) is 6.54 Å². The van der Waals surface area contributed by atoms with Crippen LogP contribution in [0.15, 0.2) is 24.3 Å². The molecule has 122 valence electrons. The lowest BCUT2D eigenvalue weighted by atomic mass is 9.83. The number of hydrogen-bond acceptors (Lipinski definition) is 1. The molecule has 22 heavy (non-hydrogen) atoms. The van der Waals surface area contributed by atoms with E-state index in [4.69, 9.17) is 0 Å². The van der Waals surface area contributed by atoms with Crippen molar-refractivity contribution in [1.29, 1.82) is 0 Å². The van der Waals surface area contributed by atoms with Gasteiger partial charge in [0.2, 0.25) is 5.91 Å². The monoisotopic (exact) mass is 313 g/mol. The van der Waals surface area contributed by atoms with E-state index in [1.807, 2.05) is 13.8 Å². The summed E-state index contributed by atoms with van der Waals surface area (Å²) in [4.78, 5) is 12.1. The predicted molar refractivity (Wildman–Crippen MR) is 79.4 cm³/mol. The average Bonchev–Trinajstić information content (AvgIpc) is 2.98. The molecular weight excluding hydrogens is 291 g/mol. The van der Waals surface area contributed by atoms with Gasteiger partial charge in [0.25, 0.3) is 0 Å². The van der Waals surface area contributed by atoms with Crippen LogP contribution in [0.3, 0.4) is 0 Å². The molecule has 0 radical (unpaired) electrons. The van der Waals surface area contributed by atoms with Crippen LogP contribution in [0.4, 0.5) is 13.2 Å². The molecule has 5 heteroatoms. The van der Waals surface area contributed by atoms with Gasteiger partial charge in [0, 0.05) is 17.9 Å². The van der Waals surface area contributed by atoms with Crippen LogP contribution in [0.25, 0.3) is 0 Å². The fraction of sp³-hybridized carbons (Fsp3) is 0.588. The van der Waals surface area contributed by atoms with Crippen LogP contribution in [0.2, 0.25) is 0 Å². The van der Waals surface area contributed by atoms with Crippen molar-refractivity contribution in [3.05, 3.63) is 35.4 Å². The Morgan fingerprint density at radius 1 is 1.18 bits per heavy atom. The Bertz CT molecular complexity index is 531. The van der Waals surface area contributed by atoms with Crippen LogP contribution in [0.5, 0.6) is 0 Å². The van der Waals surface area contributed by atoms with E-state index in [-0.39, 0.29) is 11.8 Å². The summed E-state index contributed by atoms with van der Waals surface area (Å²) in [5.74, 6) is 0.0925. The summed E-state index contributed by atoms with van der Waals surface area (Å²) in [6, 6.07) is 5.33. The largest absolute Gasteiger partial charge is 0.416 e. The van der Waals surface area contributed by atoms with Crippen molar-refractivity contribution in [1.82, 2.24) is 5.32 Å². The number of carbonyl (C=O) groups is 1. The Morgan fingerprint density at radius 2 is 1.77 bits per heavy atom. The highest BCUT2D eigenvalue weighted by atomic mass is 19.4. The van der Waals surface area contributed by atoms with Crippen molar-refractivity contribution in [2.24, 2.45) is 5.92 Å². The first kappa shape index (κ1) is 16.8. The summed E-state index contributed by atoms with van der Waals surface area (Å²) in [6.45, 7) is 4.03. The summed E-state index contributed by atoms with van der Waals surface area (Å²) in [7, 11) is 0. The molecule has 1 saturated carbocycles. The first-order chi connectivity index (χ1) is 10.2. The van der Waals surface area contributed by atoms with Gasteiger partial charge in [0.1, 0.15) is 0 Å². The van der Waals surface area contributed by atoms with Gasteiger partial charge in [-0.15, -0.1) is 0 Å². The first-order valence-corrected chi connectivity index (χ1v) is 7.65. The highest BCUT2D eigenvalue weighted by Crippen LogP contribution is 2.32. The molecular formula is C17H22F3NO. The molecule has 1 aromatic rings. The van der Waals surface area contributed by atoms with E-state index >= 15 is 0 Å². The van der Waals surface area contributed by atoms with Gasteiger partial charge < -0.3 is 5.32 Å². The van der Waals surface area contributed by atoms with Crippen molar-refractivity contribution >= 4 is 5.91 Å². The number of alkyl halides is 3. The van der Waals surface area contributed by atoms with Crippen LogP contribution in [0.1, 0.15) is 50.7 Å². The van der Waals surface area contributed by atoms with E-state index in [1.165, 1.54) is 12.1 Å². The van der Waals surface area contributed by atoms with Gasteiger partial charge in [-0.25, -0.2) is 0 Å². The fourth-order valence-electron chi connectivity index (χ4n) is 2.86. The summed E-state index contributed by atoms with van der Waals surface area (Å²) < 4.78 is 38.4. The van der Waals surface area contributed by atoms with Gasteiger partial charge in [-0.3, -0.25) is 4.79 Å². The number of carbonyl (C=O) groups excluding carboxylic acids is 1. The highest BCUT2D eigenvalue weighted by Gasteiger charge is 2.32. The highest BCUT2D eigenvalue weighted by molar-refractivity contribution is 5.79. The van der Waals surface area contributed by atoms with Crippen molar-refractivity contribution in [3.8, 4) is 0 Å². The fourth-order valence-corrected chi connectivity index (χ4v) is 2.86. The van der Waals surface area contributed by atoms with Crippen LogP contribution in [0, 0.1) is 5.92 Å². The molecule has 1 aliphatic rings. The standard InChI is InChI=1S/C17H22F3NO/c1-16(2,11-21-15(22)12-6-3-4-7-12)13-8-5-9-14(10-13)17(18,19)20/h5,8-10,12H,3-4,6-7,11H2,1-2H3,(H,21,22). The quantitative estimate of drug-likeness (QED) is 0.883. The molecule has 0 aliphatic heterocycles. The van der Waals surface area contributed by atoms with Gasteiger partial charge in [-0.2, -0.15) is 13.2 Å². The van der Waals surface area contributed by atoms with Crippen LogP contribution in [-0.2, 0) is 16.4 Å². The molecule has 1 fully saturated rings. The SMILES string of the molecule is CC(C)(CNC(=O)C1CCCC1)c1cccc(C(F)(F)F)c1. The number of amides is 1. The number of nitrogens with one attached hydrogen (secondary N) is 1. The molecule has 0 spiro atoms. The average molecular weight is 313 g/mol. The van der Waals surface area contributed by atoms with Crippen molar-refractivity contribution < 1.29 is 18.0 Å². The molecule has 2 nitrogen and oxygen atoms in total. The Hall–Kier alpha value is -1.52. The maximum Gasteiger partial charge on any atom is 0.416 e. The molecule has 1 N–H and O–H groups in total. The third kappa shape index (κ3) is 4.02. The lowest BCUT2D eigenvalue weighted by Crippen LogP contribution is -2.39. The minimum Gasteiger partial charge on any atom is -0.355 e. The maximum absolute atomic E-state index is 12.8. The zero-order valence-corrected chi connectivity index (χ0v) is 13.0. The van der Waals surface area contributed by atoms with Crippen LogP contribution < -0.4 is 5.32 Å². The van der Waals surface area contributed by atoms with E-state index in [0.29, 0.717) is 12.1 Å². The van der Waals surface area contributed by atoms with E-state index in [2.05, 4.69) is 5.32 Å². The first-order valence-electron chi connectivity index (χ1n) is 7.65. The van der Waals surface area contributed by atoms with Gasteiger partial charge >= 0.3 is 6.18 Å². The summed E-state index contributed by atoms with van der Waals surface area (Å²) in [5, 5.41) is 2.90. The zero-order chi connectivity index (χ0) is 16.4. The second-order valence-corrected chi connectivity index (χ2v) is 6.66. The molecule has 1 aliphatic carbocycles. The summed E-state index contributed by atoms with van der Waals surface area (Å²) >= 11 is 0. The molecule has 0 unspecified atom stereocenters. The predicted octanol–water partition coefficient (Wildman–Crippen LogP) is 4.29. The van der Waals surface area contributed by atoms with E-state index < -0.39 is 17.2 Å². The molecule has 1 aromatic carbocycles. The van der Waals surface area contributed by atoms with Crippen molar-refractivity contribution in [2.45, 2.75) is 51.1 Å². The summed E-state index contributed by atoms with van der Waals surface area (Å²) in [6.07, 6.45) is -0.366. The molecule has 0 bridgehead atoms. The molecule has 0 saturated heterocycles. The lowest BCUT2D eigenvalue weighted by Gasteiger charge is -2.27. The Morgan fingerprint density at radius 3 is 2.36 bits per heavy atom. The minimum atomic E-state index is -4.35. The van der Waals surface area contributed by atoms with E-state index in [0.717, 1.165) is 31.7 Å². The number of halogens is 3. The molecule has 0 atom stereocenters. The smallest absolute Gasteiger partial charge is 0.355 e. The molecule has 1 amide bonds. The van der Waals surface area contributed by atoms with Crippen LogP contribution in [-0.4, -0.2) is 12.5 Å². The zero-order valence-electron chi connectivity index (χ0n) is 13.0. The Balaban J connectivity index is 2.04. The second kappa shape index (κ2) is 6.31. The third-order valence-corrected chi connectivity index (χ3v) is 4.40. The number of benzene rings is 1. The van der Waals surface area contributed by atoms with Gasteiger partial charge in [-0.1, -0.05) is 44.9 Å². The molecule has 0 heterocycles. The van der Waals surface area contributed by atoms with E-state index in [9.17, 15) is 18.0 Å². The summed E-state index contributed by atoms with van der Waals surface area (Å²) in [5.41, 5.74) is -0.621. The van der Waals surface area contributed by atoms with Gasteiger partial charge in [0.15, 0.2) is 0 Å². The minimum absolute atomic E-state index is 0.0255. The topological polar surface area (TPSA) is 29.1 Å². The molecule has 2 rings (SSSR count). The number of hydrogen-bond donors (Lipinski definition) is 1. The third-order valence-electron chi connectivity index (χ3n) is 4.40. The second-order valence-electron chi connectivity index (χ2n) is 6.66. The van der Waals surface area contributed by atoms with Gasteiger partial charge in [0.05, 0.1) is 5.56 Å². The van der Waals surface area contributed by atoms with Crippen LogP contribution >= 0.6 is 0 Å². The Labute approximate surface area is 129 Å². The van der Waals surface area contributed by atoms with Gasteiger partial charge in [-0.05, 0) is 24.5 Å². The van der Waals surface area contributed by atoms with Crippen molar-refractivity contribution in [3.63, 3.8) is 0 Å². The normalized spacial score (nSPS) is 16.8. The van der Waals surface area contributed by atoms with E-state index in [1.54, 1.807) is 6.07 Å². The maximum atomic E-state index is 12.8. The number of rotatable bonds is 4. The molecule has 0 aromatic heterocycles.